The molecule has 1 N–H and O–H groups in total. The third-order valence-electron chi connectivity index (χ3n) is 1.67. The average molecular weight is 201 g/mol. The van der Waals surface area contributed by atoms with Gasteiger partial charge in [0.2, 0.25) is 0 Å². The number of rotatable bonds is 2. The first-order chi connectivity index (χ1) is 6.02. The van der Waals surface area contributed by atoms with E-state index in [0.29, 0.717) is 0 Å². The third-order valence-corrected chi connectivity index (χ3v) is 2.95. The van der Waals surface area contributed by atoms with Crippen molar-refractivity contribution in [1.82, 2.24) is 0 Å². The summed E-state index contributed by atoms with van der Waals surface area (Å²) in [5.74, 6) is 0. The highest BCUT2D eigenvalue weighted by Crippen LogP contribution is 2.28. The predicted molar refractivity (Wildman–Crippen MR) is 46.3 cm³/mol. The van der Waals surface area contributed by atoms with Crippen LogP contribution in [0.25, 0.3) is 10.4 Å². The summed E-state index contributed by atoms with van der Waals surface area (Å²) in [5.41, 5.74) is 8.17. The van der Waals surface area contributed by atoms with Crippen LogP contribution in [0.1, 0.15) is 6.42 Å². The summed E-state index contributed by atoms with van der Waals surface area (Å²) in [6.45, 7) is 0. The van der Waals surface area contributed by atoms with Crippen molar-refractivity contribution in [2.24, 2.45) is 5.11 Å². The molecule has 1 aliphatic carbocycles. The van der Waals surface area contributed by atoms with Gasteiger partial charge in [0.1, 0.15) is 0 Å². The highest BCUT2D eigenvalue weighted by molar-refractivity contribution is 7.87. The third kappa shape index (κ3) is 1.72. The number of azide groups is 1. The Hall–Kier alpha value is -1.30. The first kappa shape index (κ1) is 9.79. The van der Waals surface area contributed by atoms with Crippen LogP contribution in [-0.2, 0) is 10.1 Å². The Labute approximate surface area is 74.9 Å². The summed E-state index contributed by atoms with van der Waals surface area (Å²) < 4.78 is 30.7. The van der Waals surface area contributed by atoms with Crippen molar-refractivity contribution in [1.29, 1.82) is 0 Å². The predicted octanol–water partition coefficient (Wildman–Crippen LogP) is 1.40. The summed E-state index contributed by atoms with van der Waals surface area (Å²) in [5, 5.41) is 3.09. The molecule has 70 valence electrons. The fourth-order valence-corrected chi connectivity index (χ4v) is 1.68. The molecule has 6 nitrogen and oxygen atoms in total. The quantitative estimate of drug-likeness (QED) is 0.316. The van der Waals surface area contributed by atoms with Gasteiger partial charge in [-0.05, 0) is 12.0 Å². The molecule has 0 amide bonds. The summed E-state index contributed by atoms with van der Waals surface area (Å²) in [4.78, 5) is 0.534. The Morgan fingerprint density at radius 1 is 1.54 bits per heavy atom. The number of nitrogens with zero attached hydrogens (tertiary/aromatic N) is 3. The van der Waals surface area contributed by atoms with Crippen LogP contribution < -0.4 is 0 Å². The van der Waals surface area contributed by atoms with E-state index in [1.165, 1.54) is 12.2 Å². The molecule has 0 spiro atoms. The molecule has 1 aliphatic rings. The van der Waals surface area contributed by atoms with Crippen molar-refractivity contribution in [2.75, 3.05) is 0 Å². The van der Waals surface area contributed by atoms with E-state index in [0.717, 1.165) is 6.08 Å². The fraction of sp³-hybridized carbons (Fsp3) is 0.333. The van der Waals surface area contributed by atoms with Gasteiger partial charge in [0.25, 0.3) is 10.1 Å². The molecule has 0 aromatic heterocycles. The van der Waals surface area contributed by atoms with Gasteiger partial charge in [0.05, 0.1) is 0 Å². The van der Waals surface area contributed by atoms with Gasteiger partial charge in [-0.25, -0.2) is 0 Å². The maximum Gasteiger partial charge on any atom is 0.280 e. The van der Waals surface area contributed by atoms with Gasteiger partial charge >= 0.3 is 0 Å². The van der Waals surface area contributed by atoms with Crippen LogP contribution in [0.2, 0.25) is 0 Å². The lowest BCUT2D eigenvalue weighted by molar-refractivity contribution is 0.447. The van der Waals surface area contributed by atoms with Gasteiger partial charge in [-0.1, -0.05) is 29.4 Å². The summed E-state index contributed by atoms with van der Waals surface area (Å²) in [7, 11) is -4.41. The molecule has 0 aromatic carbocycles. The molecule has 0 saturated carbocycles. The van der Waals surface area contributed by atoms with Crippen LogP contribution >= 0.6 is 0 Å². The van der Waals surface area contributed by atoms with Crippen LogP contribution in [0.4, 0.5) is 0 Å². The Morgan fingerprint density at radius 3 is 2.62 bits per heavy atom. The average Bonchev–Trinajstić information content (AvgIpc) is 2.04. The van der Waals surface area contributed by atoms with Gasteiger partial charge in [-0.2, -0.15) is 8.42 Å². The Morgan fingerprint density at radius 2 is 2.23 bits per heavy atom. The minimum Gasteiger partial charge on any atom is -0.285 e. The molecule has 0 heterocycles. The minimum atomic E-state index is -4.41. The number of allylic oxidation sites excluding steroid dienone is 2. The molecule has 0 aromatic rings. The molecule has 1 rings (SSSR count). The van der Waals surface area contributed by atoms with Crippen LogP contribution in [0.5, 0.6) is 0 Å². The zero-order chi connectivity index (χ0) is 9.95. The van der Waals surface area contributed by atoms with Crippen molar-refractivity contribution in [3.8, 4) is 0 Å². The maximum absolute atomic E-state index is 10.9. The van der Waals surface area contributed by atoms with Crippen molar-refractivity contribution in [2.45, 2.75) is 11.3 Å². The molecule has 0 bridgehead atoms. The van der Waals surface area contributed by atoms with E-state index >= 15 is 0 Å². The molecule has 13 heavy (non-hydrogen) atoms. The minimum absolute atomic E-state index is 0.0492. The number of hydrogen-bond acceptors (Lipinski definition) is 3. The van der Waals surface area contributed by atoms with E-state index in [9.17, 15) is 8.42 Å². The van der Waals surface area contributed by atoms with E-state index in [1.807, 2.05) is 0 Å². The smallest absolute Gasteiger partial charge is 0.280 e. The zero-order valence-electron chi connectivity index (χ0n) is 6.53. The van der Waals surface area contributed by atoms with E-state index in [4.69, 9.17) is 10.1 Å². The highest BCUT2D eigenvalue weighted by atomic mass is 32.2. The van der Waals surface area contributed by atoms with Gasteiger partial charge in [-0.15, -0.1) is 0 Å². The van der Waals surface area contributed by atoms with Crippen LogP contribution in [-0.4, -0.2) is 17.8 Å². The lowest BCUT2D eigenvalue weighted by atomic mass is 10.1. The zero-order valence-corrected chi connectivity index (χ0v) is 7.35. The fourth-order valence-electron chi connectivity index (χ4n) is 0.982. The van der Waals surface area contributed by atoms with E-state index < -0.39 is 15.0 Å². The second-order valence-corrected chi connectivity index (χ2v) is 4.16. The first-order valence-electron chi connectivity index (χ1n) is 3.39. The second kappa shape index (κ2) is 3.21. The standard InChI is InChI=1S/C6H7N3O3S/c7-9-8-6(13(10,11)12)4-2-1-3-5-6/h1-4H,5H2,(H,10,11,12). The molecular weight excluding hydrogens is 194 g/mol. The monoisotopic (exact) mass is 201 g/mol. The number of hydrogen-bond donors (Lipinski definition) is 1. The first-order valence-corrected chi connectivity index (χ1v) is 4.83. The van der Waals surface area contributed by atoms with Gasteiger partial charge in [0.15, 0.2) is 4.87 Å². The van der Waals surface area contributed by atoms with Crippen LogP contribution in [0, 0.1) is 0 Å². The van der Waals surface area contributed by atoms with Gasteiger partial charge in [-0.3, -0.25) is 4.55 Å². The van der Waals surface area contributed by atoms with E-state index in [-0.39, 0.29) is 6.42 Å². The Balaban J connectivity index is 3.26. The summed E-state index contributed by atoms with van der Waals surface area (Å²) in [6.07, 6.45) is 5.62. The molecule has 1 unspecified atom stereocenters. The van der Waals surface area contributed by atoms with Crippen molar-refractivity contribution < 1.29 is 13.0 Å². The molecule has 0 radical (unpaired) electrons. The SMILES string of the molecule is [N-]=[N+]=NC1(S(=O)(=O)O)C=CC=CC1. The van der Waals surface area contributed by atoms with Crippen molar-refractivity contribution in [3.63, 3.8) is 0 Å². The molecule has 7 heteroatoms. The van der Waals surface area contributed by atoms with Gasteiger partial charge in [0, 0.05) is 4.91 Å². The van der Waals surface area contributed by atoms with Crippen molar-refractivity contribution >= 4 is 10.1 Å². The molecule has 0 aliphatic heterocycles. The molecule has 0 saturated heterocycles. The van der Waals surface area contributed by atoms with E-state index in [2.05, 4.69) is 10.0 Å². The Bertz CT molecular complexity index is 405. The van der Waals surface area contributed by atoms with Crippen molar-refractivity contribution in [3.05, 3.63) is 34.7 Å². The lowest BCUT2D eigenvalue weighted by Gasteiger charge is -2.21. The lowest BCUT2D eigenvalue weighted by Crippen LogP contribution is -2.33. The molecule has 1 atom stereocenters. The van der Waals surface area contributed by atoms with Crippen LogP contribution in [0.3, 0.4) is 0 Å². The molecule has 0 fully saturated rings. The normalized spacial score (nSPS) is 26.8. The highest BCUT2D eigenvalue weighted by Gasteiger charge is 2.39. The second-order valence-electron chi connectivity index (χ2n) is 2.50. The Kier molecular flexibility index (Phi) is 2.42. The largest absolute Gasteiger partial charge is 0.285 e. The summed E-state index contributed by atoms with van der Waals surface area (Å²) in [6, 6.07) is 0. The topological polar surface area (TPSA) is 103 Å². The summed E-state index contributed by atoms with van der Waals surface area (Å²) >= 11 is 0. The molecular formula is C6H7N3O3S. The van der Waals surface area contributed by atoms with Crippen LogP contribution in [0.15, 0.2) is 29.4 Å². The maximum atomic E-state index is 10.9. The van der Waals surface area contributed by atoms with Gasteiger partial charge < -0.3 is 0 Å². The van der Waals surface area contributed by atoms with E-state index in [1.54, 1.807) is 6.08 Å².